The maximum absolute atomic E-state index is 13.2. The molecule has 1 saturated heterocycles. The lowest BCUT2D eigenvalue weighted by Crippen LogP contribution is -3.13. The number of pyridine rings is 1. The molecule has 1 N–H and O–H groups in total. The van der Waals surface area contributed by atoms with Gasteiger partial charge < -0.3 is 14.5 Å². The highest BCUT2D eigenvalue weighted by atomic mass is 16.5. The highest BCUT2D eigenvalue weighted by Gasteiger charge is 2.26. The first-order valence-corrected chi connectivity index (χ1v) is 10.4. The molecule has 5 heteroatoms. The standard InChI is InChI=1S/C24H25N3O2/c1-17-14-21(20-4-2-3-5-22(20)25-17)24(28)27-11-9-26(10-12-27)16-18-6-7-23-19(15-18)8-13-29-23/h2-7,14-15H,8-13,16H2,1H3/p+1. The number of aromatic nitrogens is 1. The van der Waals surface area contributed by atoms with E-state index in [-0.39, 0.29) is 5.91 Å². The predicted octanol–water partition coefficient (Wildman–Crippen LogP) is 2.02. The summed E-state index contributed by atoms with van der Waals surface area (Å²) in [7, 11) is 0. The Morgan fingerprint density at radius 3 is 2.83 bits per heavy atom. The number of para-hydroxylation sites is 1. The van der Waals surface area contributed by atoms with Gasteiger partial charge in [0.05, 0.1) is 43.9 Å². The summed E-state index contributed by atoms with van der Waals surface area (Å²) in [6.07, 6.45) is 1.01. The number of carbonyl (C=O) groups is 1. The molecule has 0 bridgehead atoms. The largest absolute Gasteiger partial charge is 0.493 e. The first-order valence-electron chi connectivity index (χ1n) is 10.4. The van der Waals surface area contributed by atoms with Crippen molar-refractivity contribution in [3.63, 3.8) is 0 Å². The van der Waals surface area contributed by atoms with Crippen molar-refractivity contribution in [1.29, 1.82) is 0 Å². The Kier molecular flexibility index (Phi) is 4.68. The number of benzene rings is 2. The van der Waals surface area contributed by atoms with Crippen LogP contribution in [0.1, 0.15) is 27.2 Å². The van der Waals surface area contributed by atoms with Gasteiger partial charge >= 0.3 is 0 Å². The number of fused-ring (bicyclic) bond motifs is 2. The van der Waals surface area contributed by atoms with Gasteiger partial charge in [-0.1, -0.05) is 18.2 Å². The van der Waals surface area contributed by atoms with Gasteiger partial charge in [-0.25, -0.2) is 0 Å². The summed E-state index contributed by atoms with van der Waals surface area (Å²) in [5.41, 5.74) is 5.24. The summed E-state index contributed by atoms with van der Waals surface area (Å²) in [4.78, 5) is 21.3. The molecule has 0 atom stereocenters. The van der Waals surface area contributed by atoms with Gasteiger partial charge in [0, 0.05) is 23.1 Å². The Bertz CT molecular complexity index is 1070. The van der Waals surface area contributed by atoms with Crippen LogP contribution in [0.4, 0.5) is 0 Å². The van der Waals surface area contributed by atoms with E-state index >= 15 is 0 Å². The van der Waals surface area contributed by atoms with Crippen molar-refractivity contribution in [2.45, 2.75) is 19.9 Å². The lowest BCUT2D eigenvalue weighted by molar-refractivity contribution is -0.917. The average molecular weight is 388 g/mol. The van der Waals surface area contributed by atoms with E-state index in [0.717, 1.165) is 73.7 Å². The number of piperazine rings is 1. The zero-order chi connectivity index (χ0) is 19.8. The normalized spacial score (nSPS) is 16.7. The molecule has 1 amide bonds. The van der Waals surface area contributed by atoms with Crippen molar-refractivity contribution in [3.8, 4) is 5.75 Å². The third kappa shape index (κ3) is 3.58. The van der Waals surface area contributed by atoms with Crippen LogP contribution in [0.2, 0.25) is 0 Å². The van der Waals surface area contributed by atoms with Gasteiger partial charge in [0.1, 0.15) is 12.3 Å². The molecule has 3 heterocycles. The summed E-state index contributed by atoms with van der Waals surface area (Å²) in [5, 5.41) is 0.943. The Morgan fingerprint density at radius 1 is 1.14 bits per heavy atom. The van der Waals surface area contributed by atoms with Gasteiger partial charge in [0.2, 0.25) is 0 Å². The third-order valence-corrected chi connectivity index (χ3v) is 6.04. The number of amides is 1. The fourth-order valence-electron chi connectivity index (χ4n) is 4.50. The molecule has 0 aliphatic carbocycles. The van der Waals surface area contributed by atoms with Crippen molar-refractivity contribution in [2.75, 3.05) is 32.8 Å². The monoisotopic (exact) mass is 388 g/mol. The Hall–Kier alpha value is -2.92. The summed E-state index contributed by atoms with van der Waals surface area (Å²) in [5.74, 6) is 1.17. The fourth-order valence-corrected chi connectivity index (χ4v) is 4.50. The molecule has 0 saturated carbocycles. The number of hydrogen-bond acceptors (Lipinski definition) is 3. The van der Waals surface area contributed by atoms with E-state index < -0.39 is 0 Å². The van der Waals surface area contributed by atoms with Crippen molar-refractivity contribution < 1.29 is 14.4 Å². The van der Waals surface area contributed by atoms with E-state index in [1.165, 1.54) is 16.0 Å². The molecule has 2 aliphatic rings. The molecule has 1 fully saturated rings. The van der Waals surface area contributed by atoms with E-state index in [9.17, 15) is 4.79 Å². The summed E-state index contributed by atoms with van der Waals surface area (Å²) < 4.78 is 5.61. The topological polar surface area (TPSA) is 46.9 Å². The van der Waals surface area contributed by atoms with E-state index in [1.54, 1.807) is 0 Å². The number of carbonyl (C=O) groups excluding carboxylic acids is 1. The van der Waals surface area contributed by atoms with Crippen molar-refractivity contribution >= 4 is 16.8 Å². The molecule has 2 aromatic carbocycles. The highest BCUT2D eigenvalue weighted by Crippen LogP contribution is 2.25. The Balaban J connectivity index is 1.27. The van der Waals surface area contributed by atoms with E-state index in [1.807, 2.05) is 42.2 Å². The molecule has 1 aromatic heterocycles. The van der Waals surface area contributed by atoms with E-state index in [4.69, 9.17) is 4.74 Å². The van der Waals surface area contributed by atoms with Crippen molar-refractivity contribution in [1.82, 2.24) is 9.88 Å². The number of nitrogens with zero attached hydrogens (tertiary/aromatic N) is 2. The first-order chi connectivity index (χ1) is 14.2. The Morgan fingerprint density at radius 2 is 1.97 bits per heavy atom. The van der Waals surface area contributed by atoms with Gasteiger partial charge in [-0.05, 0) is 42.8 Å². The van der Waals surface area contributed by atoms with E-state index in [0.29, 0.717) is 0 Å². The van der Waals surface area contributed by atoms with Gasteiger partial charge in [-0.2, -0.15) is 0 Å². The minimum atomic E-state index is 0.125. The van der Waals surface area contributed by atoms with E-state index in [2.05, 4.69) is 23.2 Å². The van der Waals surface area contributed by atoms with Crippen LogP contribution >= 0.6 is 0 Å². The number of quaternary nitrogens is 1. The minimum absolute atomic E-state index is 0.125. The number of hydrogen-bond donors (Lipinski definition) is 1. The van der Waals surface area contributed by atoms with Crippen LogP contribution in [-0.4, -0.2) is 48.6 Å². The molecular formula is C24H26N3O2+. The van der Waals surface area contributed by atoms with Crippen LogP contribution in [-0.2, 0) is 13.0 Å². The molecule has 5 nitrogen and oxygen atoms in total. The average Bonchev–Trinajstić information content (AvgIpc) is 3.21. The van der Waals surface area contributed by atoms with Crippen LogP contribution in [0.15, 0.2) is 48.5 Å². The first kappa shape index (κ1) is 18.1. The second kappa shape index (κ2) is 7.48. The van der Waals surface area contributed by atoms with Gasteiger partial charge in [-0.15, -0.1) is 0 Å². The zero-order valence-corrected chi connectivity index (χ0v) is 16.8. The van der Waals surface area contributed by atoms with Crippen molar-refractivity contribution in [3.05, 3.63) is 70.9 Å². The SMILES string of the molecule is Cc1cc(C(=O)N2CC[NH+](Cc3ccc4c(c3)CCO4)CC2)c2ccccc2n1. The van der Waals surface area contributed by atoms with Gasteiger partial charge in [0.25, 0.3) is 5.91 Å². The van der Waals surface area contributed by atoms with Crippen LogP contribution in [0.3, 0.4) is 0 Å². The summed E-state index contributed by atoms with van der Waals surface area (Å²) in [6, 6.07) is 16.4. The number of rotatable bonds is 3. The van der Waals surface area contributed by atoms with Crippen LogP contribution in [0, 0.1) is 6.92 Å². The van der Waals surface area contributed by atoms with Crippen LogP contribution < -0.4 is 9.64 Å². The molecule has 148 valence electrons. The molecule has 5 rings (SSSR count). The molecule has 2 aliphatic heterocycles. The Labute approximate surface area is 170 Å². The molecule has 0 spiro atoms. The van der Waals surface area contributed by atoms with Crippen LogP contribution in [0.5, 0.6) is 5.75 Å². The highest BCUT2D eigenvalue weighted by molar-refractivity contribution is 6.06. The maximum atomic E-state index is 13.2. The molecule has 3 aromatic rings. The van der Waals surface area contributed by atoms with Crippen LogP contribution in [0.25, 0.3) is 10.9 Å². The molecule has 29 heavy (non-hydrogen) atoms. The molecule has 0 unspecified atom stereocenters. The minimum Gasteiger partial charge on any atom is -0.493 e. The van der Waals surface area contributed by atoms with Crippen molar-refractivity contribution in [2.24, 2.45) is 0 Å². The van der Waals surface area contributed by atoms with Gasteiger partial charge in [0.15, 0.2) is 0 Å². The zero-order valence-electron chi connectivity index (χ0n) is 16.8. The lowest BCUT2D eigenvalue weighted by atomic mass is 10.1. The number of ether oxygens (including phenoxy) is 1. The fraction of sp³-hybridized carbons (Fsp3) is 0.333. The lowest BCUT2D eigenvalue weighted by Gasteiger charge is -2.32. The number of aryl methyl sites for hydroxylation is 1. The number of nitrogens with one attached hydrogen (secondary N) is 1. The maximum Gasteiger partial charge on any atom is 0.255 e. The second-order valence-corrected chi connectivity index (χ2v) is 8.09. The van der Waals surface area contributed by atoms with Gasteiger partial charge in [-0.3, -0.25) is 9.78 Å². The molecular weight excluding hydrogens is 362 g/mol. The predicted molar refractivity (Wildman–Crippen MR) is 112 cm³/mol. The second-order valence-electron chi connectivity index (χ2n) is 8.09. The smallest absolute Gasteiger partial charge is 0.255 e. The summed E-state index contributed by atoms with van der Waals surface area (Å²) in [6.45, 7) is 7.29. The molecule has 0 radical (unpaired) electrons. The summed E-state index contributed by atoms with van der Waals surface area (Å²) >= 11 is 0. The third-order valence-electron chi connectivity index (χ3n) is 6.04. The quantitative estimate of drug-likeness (QED) is 0.747.